The lowest BCUT2D eigenvalue weighted by molar-refractivity contribution is -0.113. The number of halogens is 1. The minimum Gasteiger partial charge on any atom is -0.493 e. The van der Waals surface area contributed by atoms with Gasteiger partial charge in [0.15, 0.2) is 11.5 Å². The standard InChI is InChI=1S/C17H16ClNO3/c1-21-15-8-4-6-12(9-10-16(19)20)17(15)22-11-13-5-2-3-7-14(13)18/h2-10H,11H2,1H3,(H2,19,20)/b10-9+. The van der Waals surface area contributed by atoms with Gasteiger partial charge in [-0.3, -0.25) is 4.79 Å². The molecule has 0 saturated heterocycles. The summed E-state index contributed by atoms with van der Waals surface area (Å²) < 4.78 is 11.1. The second kappa shape index (κ2) is 7.52. The first kappa shape index (κ1) is 15.9. The minimum absolute atomic E-state index is 0.289. The second-order valence-corrected chi connectivity index (χ2v) is 4.90. The molecule has 0 atom stereocenters. The van der Waals surface area contributed by atoms with Crippen LogP contribution in [0.3, 0.4) is 0 Å². The first-order valence-corrected chi connectivity index (χ1v) is 7.00. The molecule has 0 radical (unpaired) electrons. The maximum absolute atomic E-state index is 10.9. The van der Waals surface area contributed by atoms with Gasteiger partial charge in [0.25, 0.3) is 0 Å². The van der Waals surface area contributed by atoms with E-state index in [1.54, 1.807) is 25.3 Å². The largest absolute Gasteiger partial charge is 0.493 e. The number of amides is 1. The molecule has 0 spiro atoms. The van der Waals surface area contributed by atoms with Gasteiger partial charge in [0.05, 0.1) is 7.11 Å². The van der Waals surface area contributed by atoms with Gasteiger partial charge in [0.2, 0.25) is 5.91 Å². The minimum atomic E-state index is -0.528. The Kier molecular flexibility index (Phi) is 5.44. The first-order chi connectivity index (χ1) is 10.6. The third-order valence-electron chi connectivity index (χ3n) is 2.99. The van der Waals surface area contributed by atoms with E-state index in [-0.39, 0.29) is 6.61 Å². The van der Waals surface area contributed by atoms with Crippen molar-refractivity contribution in [1.29, 1.82) is 0 Å². The van der Waals surface area contributed by atoms with Crippen molar-refractivity contribution in [3.63, 3.8) is 0 Å². The number of nitrogens with two attached hydrogens (primary N) is 1. The van der Waals surface area contributed by atoms with E-state index < -0.39 is 5.91 Å². The maximum Gasteiger partial charge on any atom is 0.241 e. The first-order valence-electron chi connectivity index (χ1n) is 6.62. The quantitative estimate of drug-likeness (QED) is 0.830. The number of para-hydroxylation sites is 1. The Balaban J connectivity index is 2.28. The van der Waals surface area contributed by atoms with Gasteiger partial charge in [-0.05, 0) is 18.2 Å². The summed E-state index contributed by atoms with van der Waals surface area (Å²) >= 11 is 6.12. The third kappa shape index (κ3) is 4.02. The lowest BCUT2D eigenvalue weighted by Crippen LogP contribution is -2.05. The van der Waals surface area contributed by atoms with Gasteiger partial charge >= 0.3 is 0 Å². The van der Waals surface area contributed by atoms with Crippen LogP contribution in [0.2, 0.25) is 5.02 Å². The van der Waals surface area contributed by atoms with Crippen LogP contribution in [0.1, 0.15) is 11.1 Å². The van der Waals surface area contributed by atoms with Gasteiger partial charge in [-0.1, -0.05) is 41.9 Å². The number of benzene rings is 2. The predicted molar refractivity (Wildman–Crippen MR) is 87.0 cm³/mol. The van der Waals surface area contributed by atoms with E-state index in [2.05, 4.69) is 0 Å². The van der Waals surface area contributed by atoms with Crippen molar-refractivity contribution in [3.8, 4) is 11.5 Å². The van der Waals surface area contributed by atoms with Crippen LogP contribution in [-0.2, 0) is 11.4 Å². The molecule has 2 N–H and O–H groups in total. The van der Waals surface area contributed by atoms with E-state index in [4.69, 9.17) is 26.8 Å². The zero-order valence-corrected chi connectivity index (χ0v) is 12.8. The molecule has 0 bridgehead atoms. The van der Waals surface area contributed by atoms with Gasteiger partial charge in [-0.2, -0.15) is 0 Å². The highest BCUT2D eigenvalue weighted by atomic mass is 35.5. The van der Waals surface area contributed by atoms with Gasteiger partial charge in [-0.15, -0.1) is 0 Å². The van der Waals surface area contributed by atoms with Crippen LogP contribution in [0.5, 0.6) is 11.5 Å². The number of hydrogen-bond donors (Lipinski definition) is 1. The zero-order chi connectivity index (χ0) is 15.9. The Labute approximate surface area is 134 Å². The highest BCUT2D eigenvalue weighted by Crippen LogP contribution is 2.33. The fourth-order valence-electron chi connectivity index (χ4n) is 1.92. The maximum atomic E-state index is 10.9. The van der Waals surface area contributed by atoms with Crippen LogP contribution in [0, 0.1) is 0 Å². The topological polar surface area (TPSA) is 61.5 Å². The molecule has 2 aromatic carbocycles. The summed E-state index contributed by atoms with van der Waals surface area (Å²) in [6.45, 7) is 0.289. The Morgan fingerprint density at radius 3 is 2.68 bits per heavy atom. The molecule has 0 saturated carbocycles. The van der Waals surface area contributed by atoms with Gasteiger partial charge in [0.1, 0.15) is 6.61 Å². The molecule has 2 rings (SSSR count). The molecular formula is C17H16ClNO3. The van der Waals surface area contributed by atoms with Crippen molar-refractivity contribution in [2.24, 2.45) is 5.73 Å². The molecular weight excluding hydrogens is 302 g/mol. The number of rotatable bonds is 6. The summed E-state index contributed by atoms with van der Waals surface area (Å²) in [5.74, 6) is 0.570. The molecule has 1 amide bonds. The molecule has 22 heavy (non-hydrogen) atoms. The fraction of sp³-hybridized carbons (Fsp3) is 0.118. The molecule has 0 aliphatic rings. The molecule has 4 nitrogen and oxygen atoms in total. The summed E-state index contributed by atoms with van der Waals surface area (Å²) in [6, 6.07) is 12.8. The molecule has 114 valence electrons. The Bertz CT molecular complexity index is 698. The highest BCUT2D eigenvalue weighted by molar-refractivity contribution is 6.31. The fourth-order valence-corrected chi connectivity index (χ4v) is 2.11. The second-order valence-electron chi connectivity index (χ2n) is 4.49. The monoisotopic (exact) mass is 317 g/mol. The van der Waals surface area contributed by atoms with Crippen molar-refractivity contribution in [2.75, 3.05) is 7.11 Å². The number of carbonyl (C=O) groups is 1. The lowest BCUT2D eigenvalue weighted by Gasteiger charge is -2.14. The molecule has 2 aromatic rings. The zero-order valence-electron chi connectivity index (χ0n) is 12.1. The van der Waals surface area contributed by atoms with Crippen molar-refractivity contribution in [1.82, 2.24) is 0 Å². The predicted octanol–water partition coefficient (Wildman–Crippen LogP) is 3.43. The molecule has 0 heterocycles. The van der Waals surface area contributed by atoms with Gasteiger partial charge < -0.3 is 15.2 Å². The van der Waals surface area contributed by atoms with Crippen LogP contribution in [0.15, 0.2) is 48.5 Å². The van der Waals surface area contributed by atoms with Crippen LogP contribution in [0.4, 0.5) is 0 Å². The molecule has 5 heteroatoms. The van der Waals surface area contributed by atoms with E-state index in [9.17, 15) is 4.79 Å². The number of primary amides is 1. The van der Waals surface area contributed by atoms with Crippen molar-refractivity contribution in [2.45, 2.75) is 6.61 Å². The van der Waals surface area contributed by atoms with Crippen LogP contribution in [0.25, 0.3) is 6.08 Å². The number of ether oxygens (including phenoxy) is 2. The Morgan fingerprint density at radius 2 is 2.00 bits per heavy atom. The van der Waals surface area contributed by atoms with E-state index >= 15 is 0 Å². The van der Waals surface area contributed by atoms with Crippen molar-refractivity contribution in [3.05, 3.63) is 64.7 Å². The van der Waals surface area contributed by atoms with Crippen molar-refractivity contribution < 1.29 is 14.3 Å². The molecule has 0 unspecified atom stereocenters. The smallest absolute Gasteiger partial charge is 0.241 e. The van der Waals surface area contributed by atoms with Crippen LogP contribution < -0.4 is 15.2 Å². The molecule has 0 aliphatic carbocycles. The van der Waals surface area contributed by atoms with Gasteiger partial charge in [0, 0.05) is 22.2 Å². The lowest BCUT2D eigenvalue weighted by atomic mass is 10.1. The van der Waals surface area contributed by atoms with E-state index in [0.717, 1.165) is 5.56 Å². The summed E-state index contributed by atoms with van der Waals surface area (Å²) in [7, 11) is 1.55. The third-order valence-corrected chi connectivity index (χ3v) is 3.36. The Morgan fingerprint density at radius 1 is 1.23 bits per heavy atom. The van der Waals surface area contributed by atoms with E-state index in [1.165, 1.54) is 6.08 Å². The molecule has 0 fully saturated rings. The summed E-state index contributed by atoms with van der Waals surface area (Å²) in [6.07, 6.45) is 2.86. The average molecular weight is 318 g/mol. The normalized spacial score (nSPS) is 10.6. The number of methoxy groups -OCH3 is 1. The van der Waals surface area contributed by atoms with E-state index in [1.807, 2.05) is 30.3 Å². The highest BCUT2D eigenvalue weighted by Gasteiger charge is 2.10. The van der Waals surface area contributed by atoms with Crippen LogP contribution in [-0.4, -0.2) is 13.0 Å². The van der Waals surface area contributed by atoms with Crippen molar-refractivity contribution >= 4 is 23.6 Å². The summed E-state index contributed by atoms with van der Waals surface area (Å²) in [4.78, 5) is 10.9. The number of carbonyl (C=O) groups excluding carboxylic acids is 1. The Hall–Kier alpha value is -2.46. The van der Waals surface area contributed by atoms with Crippen LogP contribution >= 0.6 is 11.6 Å². The van der Waals surface area contributed by atoms with E-state index in [0.29, 0.717) is 22.1 Å². The summed E-state index contributed by atoms with van der Waals surface area (Å²) in [5, 5.41) is 0.631. The number of hydrogen-bond acceptors (Lipinski definition) is 3. The summed E-state index contributed by atoms with van der Waals surface area (Å²) in [5.41, 5.74) is 6.69. The SMILES string of the molecule is COc1cccc(/C=C/C(N)=O)c1OCc1ccccc1Cl. The van der Waals surface area contributed by atoms with Gasteiger partial charge in [-0.25, -0.2) is 0 Å². The average Bonchev–Trinajstić information content (AvgIpc) is 2.52. The molecule has 0 aromatic heterocycles. The molecule has 0 aliphatic heterocycles.